The zero-order chi connectivity index (χ0) is 14.7. The molecule has 0 unspecified atom stereocenters. The van der Waals surface area contributed by atoms with Gasteiger partial charge in [-0.2, -0.15) is 0 Å². The molecule has 0 spiro atoms. The van der Waals surface area contributed by atoms with Crippen molar-refractivity contribution in [1.82, 2.24) is 9.97 Å². The van der Waals surface area contributed by atoms with Crippen molar-refractivity contribution in [2.45, 2.75) is 45.6 Å². The first-order valence-corrected chi connectivity index (χ1v) is 7.02. The molecule has 0 bridgehead atoms. The first kappa shape index (κ1) is 14.5. The minimum Gasteiger partial charge on any atom is -0.378 e. The van der Waals surface area contributed by atoms with E-state index in [-0.39, 0.29) is 11.5 Å². The van der Waals surface area contributed by atoms with Crippen LogP contribution < -0.4 is 10.6 Å². The van der Waals surface area contributed by atoms with Crippen molar-refractivity contribution in [3.05, 3.63) is 16.4 Å². The Morgan fingerprint density at radius 3 is 2.65 bits per heavy atom. The van der Waals surface area contributed by atoms with Gasteiger partial charge in [0.15, 0.2) is 0 Å². The summed E-state index contributed by atoms with van der Waals surface area (Å²) in [5.41, 5.74) is 5.50. The summed E-state index contributed by atoms with van der Waals surface area (Å²) >= 11 is 0. The highest BCUT2D eigenvalue weighted by Crippen LogP contribution is 2.35. The number of aromatic nitrogens is 2. The van der Waals surface area contributed by atoms with Crippen LogP contribution in [0.1, 0.15) is 39.5 Å². The molecule has 0 aromatic carbocycles. The van der Waals surface area contributed by atoms with Gasteiger partial charge in [0.2, 0.25) is 11.6 Å². The molecule has 7 heteroatoms. The lowest BCUT2D eigenvalue weighted by Crippen LogP contribution is -2.37. The fourth-order valence-corrected chi connectivity index (χ4v) is 2.79. The maximum absolute atomic E-state index is 11.3. The quantitative estimate of drug-likeness (QED) is 0.656. The normalized spacial score (nSPS) is 15.8. The number of hydrogen-bond donors (Lipinski definition) is 1. The molecule has 1 saturated carbocycles. The minimum absolute atomic E-state index is 0.0632. The Kier molecular flexibility index (Phi) is 4.36. The smallest absolute Gasteiger partial charge is 0.353 e. The van der Waals surface area contributed by atoms with Crippen molar-refractivity contribution in [3.8, 4) is 0 Å². The van der Waals surface area contributed by atoms with Crippen molar-refractivity contribution in [3.63, 3.8) is 0 Å². The van der Waals surface area contributed by atoms with E-state index in [0.29, 0.717) is 17.8 Å². The van der Waals surface area contributed by atoms with Crippen molar-refractivity contribution in [2.75, 3.05) is 17.2 Å². The number of nitrogens with zero attached hydrogens (tertiary/aromatic N) is 4. The lowest BCUT2D eigenvalue weighted by atomic mass is 10.1. The number of anilines is 2. The Morgan fingerprint density at radius 1 is 1.45 bits per heavy atom. The molecule has 0 atom stereocenters. The molecule has 20 heavy (non-hydrogen) atoms. The maximum Gasteiger partial charge on any atom is 0.353 e. The highest BCUT2D eigenvalue weighted by molar-refractivity contribution is 5.68. The van der Waals surface area contributed by atoms with Crippen LogP contribution in [-0.4, -0.2) is 27.5 Å². The van der Waals surface area contributed by atoms with E-state index in [1.807, 2.05) is 4.90 Å². The molecule has 1 aliphatic carbocycles. The molecular formula is C13H21N5O2. The zero-order valence-corrected chi connectivity index (χ0v) is 12.0. The Hall–Kier alpha value is -1.92. The van der Waals surface area contributed by atoms with Crippen LogP contribution in [0.25, 0.3) is 0 Å². The van der Waals surface area contributed by atoms with Crippen LogP contribution in [0.2, 0.25) is 0 Å². The molecule has 0 radical (unpaired) electrons. The second-order valence-electron chi connectivity index (χ2n) is 5.67. The largest absolute Gasteiger partial charge is 0.378 e. The standard InChI is InChI=1S/C13H21N5O2/c1-9(2)7-17(10-5-3-4-6-10)13-11(18(19)20)12(14)15-8-16-13/h8-10H,3-7H2,1-2H3,(H2,14,15,16). The van der Waals surface area contributed by atoms with Crippen LogP contribution in [0.15, 0.2) is 6.33 Å². The fourth-order valence-electron chi connectivity index (χ4n) is 2.79. The molecule has 1 heterocycles. The Morgan fingerprint density at radius 2 is 2.10 bits per heavy atom. The predicted molar refractivity (Wildman–Crippen MR) is 77.5 cm³/mol. The van der Waals surface area contributed by atoms with Crippen molar-refractivity contribution >= 4 is 17.3 Å². The van der Waals surface area contributed by atoms with E-state index in [1.165, 1.54) is 6.33 Å². The molecule has 7 nitrogen and oxygen atoms in total. The van der Waals surface area contributed by atoms with Gasteiger partial charge in [-0.1, -0.05) is 26.7 Å². The van der Waals surface area contributed by atoms with E-state index in [9.17, 15) is 10.1 Å². The summed E-state index contributed by atoms with van der Waals surface area (Å²) in [7, 11) is 0. The minimum atomic E-state index is -0.479. The van der Waals surface area contributed by atoms with Gasteiger partial charge in [-0.05, 0) is 18.8 Å². The van der Waals surface area contributed by atoms with Gasteiger partial charge in [-0.25, -0.2) is 9.97 Å². The molecule has 1 fully saturated rings. The van der Waals surface area contributed by atoms with Gasteiger partial charge in [0.1, 0.15) is 6.33 Å². The molecule has 2 N–H and O–H groups in total. The van der Waals surface area contributed by atoms with E-state index in [0.717, 1.165) is 32.2 Å². The Bertz CT molecular complexity index is 486. The van der Waals surface area contributed by atoms with Crippen LogP contribution >= 0.6 is 0 Å². The van der Waals surface area contributed by atoms with Gasteiger partial charge in [-0.3, -0.25) is 10.1 Å². The van der Waals surface area contributed by atoms with Crippen molar-refractivity contribution < 1.29 is 4.92 Å². The van der Waals surface area contributed by atoms with Crippen LogP contribution in [0, 0.1) is 16.0 Å². The molecule has 2 rings (SSSR count). The fraction of sp³-hybridized carbons (Fsp3) is 0.692. The summed E-state index contributed by atoms with van der Waals surface area (Å²) in [5, 5.41) is 11.3. The predicted octanol–water partition coefficient (Wildman–Crippen LogP) is 2.37. The van der Waals surface area contributed by atoms with E-state index in [1.54, 1.807) is 0 Å². The highest BCUT2D eigenvalue weighted by atomic mass is 16.6. The monoisotopic (exact) mass is 279 g/mol. The van der Waals surface area contributed by atoms with Crippen molar-refractivity contribution in [1.29, 1.82) is 0 Å². The molecule has 1 aromatic rings. The number of hydrogen-bond acceptors (Lipinski definition) is 6. The summed E-state index contributed by atoms with van der Waals surface area (Å²) in [5.74, 6) is 0.696. The third-order valence-corrected chi connectivity index (χ3v) is 3.61. The summed E-state index contributed by atoms with van der Waals surface area (Å²) in [6.45, 7) is 4.93. The Labute approximate surface area is 118 Å². The third-order valence-electron chi connectivity index (χ3n) is 3.61. The highest BCUT2D eigenvalue weighted by Gasteiger charge is 2.31. The molecule has 1 aliphatic rings. The number of nitrogens with two attached hydrogens (primary N) is 1. The van der Waals surface area contributed by atoms with E-state index < -0.39 is 4.92 Å². The summed E-state index contributed by atoms with van der Waals surface area (Å²) in [6, 6.07) is 0.311. The van der Waals surface area contributed by atoms with Gasteiger partial charge in [0, 0.05) is 12.6 Å². The van der Waals surface area contributed by atoms with Gasteiger partial charge in [0.05, 0.1) is 4.92 Å². The van der Waals surface area contributed by atoms with Crippen molar-refractivity contribution in [2.24, 2.45) is 5.92 Å². The van der Waals surface area contributed by atoms with Gasteiger partial charge < -0.3 is 10.6 Å². The van der Waals surface area contributed by atoms with E-state index in [4.69, 9.17) is 5.73 Å². The number of nitro groups is 1. The van der Waals surface area contributed by atoms with Crippen LogP contribution in [0.3, 0.4) is 0 Å². The van der Waals surface area contributed by atoms with Gasteiger partial charge in [-0.15, -0.1) is 0 Å². The Balaban J connectivity index is 2.42. The van der Waals surface area contributed by atoms with Crippen LogP contribution in [-0.2, 0) is 0 Å². The average Bonchev–Trinajstić information content (AvgIpc) is 2.88. The second-order valence-corrected chi connectivity index (χ2v) is 5.67. The SMILES string of the molecule is CC(C)CN(c1ncnc(N)c1[N+](=O)[O-])C1CCCC1. The summed E-state index contributed by atoms with van der Waals surface area (Å²) < 4.78 is 0. The first-order chi connectivity index (χ1) is 9.50. The molecule has 0 saturated heterocycles. The van der Waals surface area contributed by atoms with E-state index >= 15 is 0 Å². The number of rotatable bonds is 5. The summed E-state index contributed by atoms with van der Waals surface area (Å²) in [6.07, 6.45) is 5.72. The third kappa shape index (κ3) is 2.97. The van der Waals surface area contributed by atoms with Gasteiger partial charge >= 0.3 is 5.69 Å². The topological polar surface area (TPSA) is 98.2 Å². The average molecular weight is 279 g/mol. The van der Waals surface area contributed by atoms with Crippen LogP contribution in [0.4, 0.5) is 17.3 Å². The number of nitrogen functional groups attached to an aromatic ring is 1. The van der Waals surface area contributed by atoms with Crippen LogP contribution in [0.5, 0.6) is 0 Å². The molecule has 1 aromatic heterocycles. The summed E-state index contributed by atoms with van der Waals surface area (Å²) in [4.78, 5) is 20.7. The molecule has 110 valence electrons. The van der Waals surface area contributed by atoms with Gasteiger partial charge in [0.25, 0.3) is 0 Å². The maximum atomic E-state index is 11.3. The first-order valence-electron chi connectivity index (χ1n) is 7.02. The molecular weight excluding hydrogens is 258 g/mol. The zero-order valence-electron chi connectivity index (χ0n) is 12.0. The lowest BCUT2D eigenvalue weighted by molar-refractivity contribution is -0.383. The molecule has 0 amide bonds. The molecule has 0 aliphatic heterocycles. The van der Waals surface area contributed by atoms with E-state index in [2.05, 4.69) is 23.8 Å². The lowest BCUT2D eigenvalue weighted by Gasteiger charge is -2.31. The second kappa shape index (κ2) is 6.02.